The van der Waals surface area contributed by atoms with Gasteiger partial charge in [-0.2, -0.15) is 8.78 Å². The Morgan fingerprint density at radius 1 is 1.19 bits per heavy atom. The molecule has 1 rings (SSSR count). The van der Waals surface area contributed by atoms with Crippen LogP contribution in [0, 0.1) is 17.5 Å². The van der Waals surface area contributed by atoms with Gasteiger partial charge in [-0.3, -0.25) is 0 Å². The van der Waals surface area contributed by atoms with Crippen molar-refractivity contribution in [3.63, 3.8) is 0 Å². The molecule has 2 N–H and O–H groups in total. The van der Waals surface area contributed by atoms with Gasteiger partial charge < -0.3 is 10.5 Å². The van der Waals surface area contributed by atoms with Crippen LogP contribution in [-0.2, 0) is 10.8 Å². The van der Waals surface area contributed by atoms with Gasteiger partial charge in [0, 0.05) is 0 Å². The molecular weight excluding hydrogens is 237 g/mol. The third kappa shape index (κ3) is 2.20. The minimum atomic E-state index is -4.47. The molecule has 0 unspecified atom stereocenters. The Bertz CT molecular complexity index is 435. The van der Waals surface area contributed by atoms with Crippen molar-refractivity contribution in [1.29, 1.82) is 0 Å². The molecule has 3 nitrogen and oxygen atoms in total. The second-order valence-electron chi connectivity index (χ2n) is 2.66. The fourth-order valence-electron chi connectivity index (χ4n) is 0.932. The highest BCUT2D eigenvalue weighted by molar-refractivity contribution is 5.65. The summed E-state index contributed by atoms with van der Waals surface area (Å²) in [5, 5.41) is 0. The van der Waals surface area contributed by atoms with E-state index in [1.807, 2.05) is 0 Å². The summed E-state index contributed by atoms with van der Waals surface area (Å²) in [7, 11) is 0. The Morgan fingerprint density at radius 2 is 1.75 bits per heavy atom. The van der Waals surface area contributed by atoms with Crippen molar-refractivity contribution in [3.05, 3.63) is 35.1 Å². The minimum absolute atomic E-state index is 0.247. The van der Waals surface area contributed by atoms with E-state index in [0.29, 0.717) is 0 Å². The number of hydrogen-bond donors (Lipinski definition) is 1. The van der Waals surface area contributed by atoms with Crippen LogP contribution >= 0.6 is 0 Å². The van der Waals surface area contributed by atoms with Crippen molar-refractivity contribution in [3.8, 4) is 0 Å². The summed E-state index contributed by atoms with van der Waals surface area (Å²) in [5.41, 5.74) is 2.68. The summed E-state index contributed by atoms with van der Waals surface area (Å²) in [6, 6.07) is 0.517. The van der Waals surface area contributed by atoms with Crippen molar-refractivity contribution in [2.24, 2.45) is 5.73 Å². The molecule has 1 aromatic rings. The van der Waals surface area contributed by atoms with Crippen LogP contribution in [0.25, 0.3) is 0 Å². The SMILES string of the molecule is NC(=O)OC(F)(F)c1ccc(F)c(F)c1F. The van der Waals surface area contributed by atoms with E-state index < -0.39 is 35.2 Å². The summed E-state index contributed by atoms with van der Waals surface area (Å²) in [4.78, 5) is 10.1. The number of benzene rings is 1. The number of rotatable bonds is 2. The summed E-state index contributed by atoms with van der Waals surface area (Å²) < 4.78 is 67.0. The average Bonchev–Trinajstić information content (AvgIpc) is 2.11. The lowest BCUT2D eigenvalue weighted by Crippen LogP contribution is -2.27. The summed E-state index contributed by atoms with van der Waals surface area (Å²) in [6.45, 7) is 0. The zero-order chi connectivity index (χ0) is 12.5. The number of halogens is 5. The molecule has 1 aromatic carbocycles. The topological polar surface area (TPSA) is 52.3 Å². The van der Waals surface area contributed by atoms with Gasteiger partial charge in [0.25, 0.3) is 0 Å². The highest BCUT2D eigenvalue weighted by atomic mass is 19.3. The molecular formula is C8H4F5NO2. The molecule has 0 heterocycles. The molecule has 1 amide bonds. The van der Waals surface area contributed by atoms with Crippen LogP contribution in [0.15, 0.2) is 12.1 Å². The lowest BCUT2D eigenvalue weighted by Gasteiger charge is -2.16. The standard InChI is InChI=1S/C8H4F5NO2/c9-4-2-1-3(5(10)6(4)11)8(12,13)16-7(14)15/h1-2H,(H2,14,15). The third-order valence-corrected chi connectivity index (χ3v) is 1.58. The maximum atomic E-state index is 12.9. The summed E-state index contributed by atoms with van der Waals surface area (Å²) >= 11 is 0. The van der Waals surface area contributed by atoms with Crippen molar-refractivity contribution < 1.29 is 31.5 Å². The highest BCUT2D eigenvalue weighted by Crippen LogP contribution is 2.32. The first-order valence-electron chi connectivity index (χ1n) is 3.76. The molecule has 0 saturated heterocycles. The number of amides is 1. The second-order valence-corrected chi connectivity index (χ2v) is 2.66. The van der Waals surface area contributed by atoms with E-state index in [1.54, 1.807) is 0 Å². The Morgan fingerprint density at radius 3 is 2.25 bits per heavy atom. The van der Waals surface area contributed by atoms with E-state index in [1.165, 1.54) is 0 Å². The van der Waals surface area contributed by atoms with Crippen LogP contribution in [-0.4, -0.2) is 6.09 Å². The molecule has 0 fully saturated rings. The fraction of sp³-hybridized carbons (Fsp3) is 0.125. The molecule has 88 valence electrons. The van der Waals surface area contributed by atoms with Crippen molar-refractivity contribution in [1.82, 2.24) is 0 Å². The average molecular weight is 241 g/mol. The maximum absolute atomic E-state index is 12.9. The van der Waals surface area contributed by atoms with Crippen molar-refractivity contribution in [2.75, 3.05) is 0 Å². The van der Waals surface area contributed by atoms with Crippen LogP contribution in [0.3, 0.4) is 0 Å². The number of carbonyl (C=O) groups is 1. The van der Waals surface area contributed by atoms with E-state index in [9.17, 15) is 26.7 Å². The van der Waals surface area contributed by atoms with E-state index in [0.717, 1.165) is 0 Å². The largest absolute Gasteiger partial charge is 0.432 e. The van der Waals surface area contributed by atoms with Gasteiger partial charge in [-0.25, -0.2) is 18.0 Å². The predicted octanol–water partition coefficient (Wildman–Crippen LogP) is 2.25. The summed E-state index contributed by atoms with van der Waals surface area (Å²) in [6.07, 6.45) is -6.35. The van der Waals surface area contributed by atoms with Crippen molar-refractivity contribution >= 4 is 6.09 Å². The Hall–Kier alpha value is -1.86. The van der Waals surface area contributed by atoms with Gasteiger partial charge in [0.2, 0.25) is 0 Å². The molecule has 8 heteroatoms. The molecule has 0 saturated carbocycles. The quantitative estimate of drug-likeness (QED) is 0.637. The van der Waals surface area contributed by atoms with Gasteiger partial charge in [0.1, 0.15) is 5.56 Å². The van der Waals surface area contributed by atoms with E-state index in [2.05, 4.69) is 10.5 Å². The van der Waals surface area contributed by atoms with Gasteiger partial charge in [-0.15, -0.1) is 0 Å². The zero-order valence-electron chi connectivity index (χ0n) is 7.44. The lowest BCUT2D eigenvalue weighted by atomic mass is 10.2. The van der Waals surface area contributed by atoms with Gasteiger partial charge in [-0.1, -0.05) is 0 Å². The van der Waals surface area contributed by atoms with Gasteiger partial charge in [0.15, 0.2) is 17.5 Å². The predicted molar refractivity (Wildman–Crippen MR) is 40.9 cm³/mol. The highest BCUT2D eigenvalue weighted by Gasteiger charge is 2.40. The van der Waals surface area contributed by atoms with E-state index in [4.69, 9.17) is 0 Å². The fourth-order valence-corrected chi connectivity index (χ4v) is 0.932. The number of ether oxygens (including phenoxy) is 1. The molecule has 0 aliphatic carbocycles. The van der Waals surface area contributed by atoms with Crippen LogP contribution < -0.4 is 5.73 Å². The minimum Gasteiger partial charge on any atom is -0.380 e. The first kappa shape index (κ1) is 12.2. The third-order valence-electron chi connectivity index (χ3n) is 1.58. The second kappa shape index (κ2) is 3.95. The first-order valence-corrected chi connectivity index (χ1v) is 3.76. The molecule has 0 aliphatic heterocycles. The van der Waals surface area contributed by atoms with Crippen LogP contribution in [0.4, 0.5) is 26.7 Å². The van der Waals surface area contributed by atoms with Crippen molar-refractivity contribution in [2.45, 2.75) is 6.11 Å². The Balaban J connectivity index is 3.23. The number of alkyl halides is 2. The molecule has 0 bridgehead atoms. The number of hydrogen-bond acceptors (Lipinski definition) is 2. The lowest BCUT2D eigenvalue weighted by molar-refractivity contribution is -0.207. The molecule has 0 aliphatic rings. The Kier molecular flexibility index (Phi) is 3.02. The summed E-state index contributed by atoms with van der Waals surface area (Å²) in [5.74, 6) is -5.88. The zero-order valence-corrected chi connectivity index (χ0v) is 7.44. The molecule has 16 heavy (non-hydrogen) atoms. The van der Waals surface area contributed by atoms with Crippen LogP contribution in [0.1, 0.15) is 5.56 Å². The van der Waals surface area contributed by atoms with E-state index in [-0.39, 0.29) is 12.1 Å². The van der Waals surface area contributed by atoms with E-state index >= 15 is 0 Å². The van der Waals surface area contributed by atoms with Crippen LogP contribution in [0.2, 0.25) is 0 Å². The smallest absolute Gasteiger partial charge is 0.380 e. The molecule has 0 radical (unpaired) electrons. The normalized spacial score (nSPS) is 11.3. The molecule has 0 aromatic heterocycles. The van der Waals surface area contributed by atoms with Crippen LogP contribution in [0.5, 0.6) is 0 Å². The molecule has 0 spiro atoms. The monoisotopic (exact) mass is 241 g/mol. The molecule has 0 atom stereocenters. The van der Waals surface area contributed by atoms with Gasteiger partial charge in [0.05, 0.1) is 0 Å². The number of primary amides is 1. The maximum Gasteiger partial charge on any atom is 0.432 e. The first-order chi connectivity index (χ1) is 7.25. The van der Waals surface area contributed by atoms with Gasteiger partial charge >= 0.3 is 12.2 Å². The number of carbonyl (C=O) groups excluding carboxylic acids is 1. The number of nitrogens with two attached hydrogens (primary N) is 1. The Labute approximate surface area is 85.6 Å². The van der Waals surface area contributed by atoms with Gasteiger partial charge in [-0.05, 0) is 12.1 Å².